The predicted octanol–water partition coefficient (Wildman–Crippen LogP) is 5.02. The molecule has 7 nitrogen and oxygen atoms in total. The van der Waals surface area contributed by atoms with Crippen LogP contribution in [0.3, 0.4) is 0 Å². The van der Waals surface area contributed by atoms with Crippen molar-refractivity contribution >= 4 is 36.2 Å². The minimum absolute atomic E-state index is 0.0370. The predicted molar refractivity (Wildman–Crippen MR) is 161 cm³/mol. The van der Waals surface area contributed by atoms with Crippen molar-refractivity contribution < 1.29 is 13.9 Å². The summed E-state index contributed by atoms with van der Waals surface area (Å²) in [6, 6.07) is 18.3. The van der Waals surface area contributed by atoms with Crippen molar-refractivity contribution in [2.45, 2.75) is 25.4 Å². The van der Waals surface area contributed by atoms with Crippen molar-refractivity contribution in [2.75, 3.05) is 26.3 Å². The van der Waals surface area contributed by atoms with Crippen LogP contribution in [0.1, 0.15) is 16.7 Å². The first-order valence-corrected chi connectivity index (χ1v) is 14.3. The molecule has 1 fully saturated rings. The Hall–Kier alpha value is -3.37. The van der Waals surface area contributed by atoms with Gasteiger partial charge in [0.1, 0.15) is 12.0 Å². The minimum Gasteiger partial charge on any atom is -0.374 e. The number of benzene rings is 2. The standard InChI is InChI=1S/C31H30ClFN4O3S/c32-28-8-4-7-23(30(28)33)16-36-10-9-22(13-29(36)38)27-18-37(41)31-26(27)14-24(15-34-31)35-11-12-40-25(17-35)20-39-19-21-5-2-1-3-6-21/h1-10,13-15,18,25-26,31,41H,11-12,16-17,19-20H2. The molecule has 6 rings (SSSR count). The first-order chi connectivity index (χ1) is 20.0. The highest BCUT2D eigenvalue weighted by molar-refractivity contribution is 7.77. The molecule has 1 aromatic heterocycles. The fourth-order valence-corrected chi connectivity index (χ4v) is 5.93. The Morgan fingerprint density at radius 2 is 2.00 bits per heavy atom. The Bertz CT molecular complexity index is 1560. The number of nitrogens with zero attached hydrogens (tertiary/aromatic N) is 4. The van der Waals surface area contributed by atoms with Gasteiger partial charge < -0.3 is 23.2 Å². The molecule has 0 spiro atoms. The van der Waals surface area contributed by atoms with Gasteiger partial charge in [-0.2, -0.15) is 0 Å². The second kappa shape index (κ2) is 12.2. The fourth-order valence-electron chi connectivity index (χ4n) is 5.41. The molecule has 3 unspecified atom stereocenters. The number of morpholine rings is 1. The zero-order valence-corrected chi connectivity index (χ0v) is 23.9. The number of allylic oxidation sites excluding steroid dienone is 1. The van der Waals surface area contributed by atoms with Gasteiger partial charge in [-0.3, -0.25) is 9.79 Å². The molecule has 1 saturated heterocycles. The summed E-state index contributed by atoms with van der Waals surface area (Å²) in [4.78, 5) is 20.1. The molecule has 0 amide bonds. The normalized spacial score (nSPS) is 22.0. The Labute approximate surface area is 248 Å². The molecule has 0 bridgehead atoms. The minimum atomic E-state index is -0.511. The summed E-state index contributed by atoms with van der Waals surface area (Å²) in [5.41, 5.74) is 4.01. The molecule has 41 heavy (non-hydrogen) atoms. The van der Waals surface area contributed by atoms with Crippen LogP contribution in [-0.2, 0) is 22.6 Å². The number of aliphatic imine (C=N–C) groups is 1. The third kappa shape index (κ3) is 6.13. The van der Waals surface area contributed by atoms with E-state index < -0.39 is 5.82 Å². The van der Waals surface area contributed by atoms with Crippen LogP contribution in [0, 0.1) is 11.7 Å². The van der Waals surface area contributed by atoms with Crippen molar-refractivity contribution in [3.8, 4) is 0 Å². The zero-order chi connectivity index (χ0) is 28.3. The van der Waals surface area contributed by atoms with Crippen molar-refractivity contribution in [1.82, 2.24) is 13.8 Å². The lowest BCUT2D eigenvalue weighted by molar-refractivity contribution is -0.0632. The highest BCUT2D eigenvalue weighted by Crippen LogP contribution is 2.40. The molecule has 4 heterocycles. The quantitative estimate of drug-likeness (QED) is 0.372. The van der Waals surface area contributed by atoms with Crippen molar-refractivity contribution in [3.63, 3.8) is 0 Å². The number of ether oxygens (including phenoxy) is 2. The second-order valence-corrected chi connectivity index (χ2v) is 11.2. The van der Waals surface area contributed by atoms with E-state index in [1.54, 1.807) is 28.7 Å². The molecule has 3 aliphatic heterocycles. The Morgan fingerprint density at radius 3 is 2.83 bits per heavy atom. The largest absolute Gasteiger partial charge is 0.374 e. The van der Waals surface area contributed by atoms with E-state index in [1.807, 2.05) is 48.8 Å². The lowest BCUT2D eigenvalue weighted by atomic mass is 9.91. The van der Waals surface area contributed by atoms with E-state index in [0.717, 1.165) is 28.9 Å². The van der Waals surface area contributed by atoms with Gasteiger partial charge in [0.05, 0.1) is 43.2 Å². The van der Waals surface area contributed by atoms with Gasteiger partial charge in [0.25, 0.3) is 5.56 Å². The van der Waals surface area contributed by atoms with Gasteiger partial charge >= 0.3 is 0 Å². The molecule has 212 valence electrons. The SMILES string of the molecule is O=c1cc(C2=CN(S)C3N=CC(N4CCOC(COCc5ccccc5)C4)=CC23)ccn1Cc1cccc(Cl)c1F. The monoisotopic (exact) mass is 592 g/mol. The van der Waals surface area contributed by atoms with Crippen LogP contribution in [0.5, 0.6) is 0 Å². The number of aromatic nitrogens is 1. The van der Waals surface area contributed by atoms with E-state index in [-0.39, 0.29) is 35.3 Å². The average molecular weight is 593 g/mol. The van der Waals surface area contributed by atoms with Crippen LogP contribution >= 0.6 is 24.4 Å². The third-order valence-corrected chi connectivity index (χ3v) is 8.20. The molecular weight excluding hydrogens is 563 g/mol. The fraction of sp³-hybridized carbons (Fsp3) is 0.290. The van der Waals surface area contributed by atoms with Gasteiger partial charge in [0.15, 0.2) is 0 Å². The Balaban J connectivity index is 1.15. The first kappa shape index (κ1) is 27.8. The number of hydrogen-bond acceptors (Lipinski definition) is 7. The summed E-state index contributed by atoms with van der Waals surface area (Å²) in [7, 11) is 0. The van der Waals surface area contributed by atoms with E-state index in [9.17, 15) is 9.18 Å². The van der Waals surface area contributed by atoms with Gasteiger partial charge in [-0.1, -0.05) is 66.9 Å². The summed E-state index contributed by atoms with van der Waals surface area (Å²) >= 11 is 10.5. The number of halogens is 2. The van der Waals surface area contributed by atoms with E-state index in [1.165, 1.54) is 10.6 Å². The van der Waals surface area contributed by atoms with Crippen molar-refractivity contribution in [1.29, 1.82) is 0 Å². The molecule has 3 aliphatic rings. The number of pyridine rings is 1. The van der Waals surface area contributed by atoms with Crippen LogP contribution < -0.4 is 5.56 Å². The van der Waals surface area contributed by atoms with E-state index >= 15 is 0 Å². The van der Waals surface area contributed by atoms with E-state index in [0.29, 0.717) is 31.9 Å². The second-order valence-electron chi connectivity index (χ2n) is 10.3. The summed E-state index contributed by atoms with van der Waals surface area (Å²) in [6.45, 7) is 3.20. The highest BCUT2D eigenvalue weighted by atomic mass is 35.5. The van der Waals surface area contributed by atoms with Gasteiger partial charge in [-0.15, -0.1) is 0 Å². The van der Waals surface area contributed by atoms with Gasteiger partial charge in [-0.05, 0) is 34.9 Å². The lowest BCUT2D eigenvalue weighted by Crippen LogP contribution is -2.45. The Morgan fingerprint density at radius 1 is 1.15 bits per heavy atom. The number of fused-ring (bicyclic) bond motifs is 1. The lowest BCUT2D eigenvalue weighted by Gasteiger charge is -2.37. The first-order valence-electron chi connectivity index (χ1n) is 13.5. The average Bonchev–Trinajstić information content (AvgIpc) is 3.32. The molecule has 0 radical (unpaired) electrons. The number of rotatable bonds is 8. The van der Waals surface area contributed by atoms with Crippen LogP contribution in [0.15, 0.2) is 94.6 Å². The summed E-state index contributed by atoms with van der Waals surface area (Å²) in [6.07, 6.45) is 7.45. The van der Waals surface area contributed by atoms with E-state index in [2.05, 4.69) is 23.8 Å². The van der Waals surface area contributed by atoms with Crippen LogP contribution in [0.25, 0.3) is 5.57 Å². The third-order valence-electron chi connectivity index (χ3n) is 7.55. The van der Waals surface area contributed by atoms with Crippen LogP contribution in [0.2, 0.25) is 5.02 Å². The molecule has 10 heteroatoms. The number of dihydropyridines is 1. The Kier molecular flexibility index (Phi) is 8.30. The summed E-state index contributed by atoms with van der Waals surface area (Å²) in [5, 5.41) is 0.0370. The zero-order valence-electron chi connectivity index (χ0n) is 22.3. The van der Waals surface area contributed by atoms with Gasteiger partial charge in [0, 0.05) is 49.2 Å². The summed E-state index contributed by atoms with van der Waals surface area (Å²) in [5.74, 6) is -0.591. The molecule has 2 aromatic carbocycles. The highest BCUT2D eigenvalue weighted by Gasteiger charge is 2.36. The number of hydrogen-bond donors (Lipinski definition) is 1. The molecule has 3 aromatic rings. The maximum Gasteiger partial charge on any atom is 0.251 e. The van der Waals surface area contributed by atoms with Gasteiger partial charge in [-0.25, -0.2) is 4.39 Å². The van der Waals surface area contributed by atoms with Crippen molar-refractivity contribution in [3.05, 3.63) is 123 Å². The van der Waals surface area contributed by atoms with Gasteiger partial charge in [0.2, 0.25) is 0 Å². The van der Waals surface area contributed by atoms with Crippen LogP contribution in [0.4, 0.5) is 4.39 Å². The maximum absolute atomic E-state index is 14.4. The van der Waals surface area contributed by atoms with Crippen molar-refractivity contribution in [2.24, 2.45) is 10.9 Å². The smallest absolute Gasteiger partial charge is 0.251 e. The molecule has 3 atom stereocenters. The maximum atomic E-state index is 14.4. The number of thiol groups is 1. The molecule has 0 N–H and O–H groups in total. The molecule has 0 saturated carbocycles. The topological polar surface area (TPSA) is 59.3 Å². The van der Waals surface area contributed by atoms with E-state index in [4.69, 9.17) is 26.1 Å². The van der Waals surface area contributed by atoms with Crippen LogP contribution in [-0.4, -0.2) is 58.6 Å². The molecule has 0 aliphatic carbocycles. The summed E-state index contributed by atoms with van der Waals surface area (Å²) < 4.78 is 29.6. The molecular formula is C31H30ClFN4O3S.